The summed E-state index contributed by atoms with van der Waals surface area (Å²) >= 11 is 0. The average Bonchev–Trinajstić information content (AvgIpc) is 2.92. The van der Waals surface area contributed by atoms with E-state index in [-0.39, 0.29) is 23.3 Å². The summed E-state index contributed by atoms with van der Waals surface area (Å²) in [4.78, 5) is 21.5. The number of amides is 1. The van der Waals surface area contributed by atoms with Gasteiger partial charge in [-0.25, -0.2) is 9.97 Å². The van der Waals surface area contributed by atoms with Crippen molar-refractivity contribution >= 4 is 11.7 Å². The molecule has 0 aliphatic rings. The van der Waals surface area contributed by atoms with Crippen LogP contribution in [0.2, 0.25) is 0 Å². The molecular weight excluding hydrogens is 314 g/mol. The lowest BCUT2D eigenvalue weighted by Crippen LogP contribution is -2.26. The van der Waals surface area contributed by atoms with E-state index in [0.717, 1.165) is 17.2 Å². The van der Waals surface area contributed by atoms with E-state index < -0.39 is 0 Å². The predicted octanol–water partition coefficient (Wildman–Crippen LogP) is 4.24. The fourth-order valence-corrected chi connectivity index (χ4v) is 2.55. The summed E-state index contributed by atoms with van der Waals surface area (Å²) < 4.78 is 1.93. The molecule has 0 fully saturated rings. The van der Waals surface area contributed by atoms with Crippen molar-refractivity contribution in [3.8, 4) is 0 Å². The van der Waals surface area contributed by atoms with Crippen molar-refractivity contribution in [1.29, 1.82) is 0 Å². The van der Waals surface area contributed by atoms with Crippen LogP contribution >= 0.6 is 0 Å². The average molecular weight is 343 g/mol. The molecule has 0 spiro atoms. The third kappa shape index (κ3) is 4.44. The molecule has 1 amide bonds. The summed E-state index contributed by atoms with van der Waals surface area (Å²) in [6, 6.07) is 3.64. The van der Waals surface area contributed by atoms with Gasteiger partial charge in [0.15, 0.2) is 5.69 Å². The maximum absolute atomic E-state index is 12.7. The number of aryl methyl sites for hydroxylation is 1. The van der Waals surface area contributed by atoms with Crippen LogP contribution in [0.15, 0.2) is 12.1 Å². The molecule has 0 aliphatic carbocycles. The van der Waals surface area contributed by atoms with Crippen LogP contribution in [0.4, 0.5) is 5.82 Å². The minimum Gasteiger partial charge on any atom is -0.305 e. The van der Waals surface area contributed by atoms with E-state index in [1.807, 2.05) is 31.5 Å². The van der Waals surface area contributed by atoms with Crippen molar-refractivity contribution in [1.82, 2.24) is 19.7 Å². The lowest BCUT2D eigenvalue weighted by Gasteiger charge is -2.23. The van der Waals surface area contributed by atoms with Crippen LogP contribution in [0.3, 0.4) is 0 Å². The maximum atomic E-state index is 12.7. The zero-order chi connectivity index (χ0) is 18.9. The SMILES string of the molecule is Cc1cc(NC(=O)c2cc(C(C)C)n(C(C)(C)C)n2)nc(C(C)C)n1. The third-order valence-electron chi connectivity index (χ3n) is 3.83. The smallest absolute Gasteiger partial charge is 0.277 e. The van der Waals surface area contributed by atoms with Gasteiger partial charge in [0.25, 0.3) is 5.91 Å². The minimum atomic E-state index is -0.252. The van der Waals surface area contributed by atoms with Crippen molar-refractivity contribution in [3.63, 3.8) is 0 Å². The molecule has 0 unspecified atom stereocenters. The van der Waals surface area contributed by atoms with Crippen molar-refractivity contribution in [3.05, 3.63) is 35.0 Å². The van der Waals surface area contributed by atoms with Crippen molar-refractivity contribution in [2.24, 2.45) is 0 Å². The lowest BCUT2D eigenvalue weighted by atomic mass is 10.1. The van der Waals surface area contributed by atoms with Gasteiger partial charge in [-0.3, -0.25) is 9.48 Å². The Balaban J connectivity index is 2.33. The predicted molar refractivity (Wildman–Crippen MR) is 100 cm³/mol. The van der Waals surface area contributed by atoms with Crippen LogP contribution < -0.4 is 5.32 Å². The summed E-state index contributed by atoms with van der Waals surface area (Å²) in [6.07, 6.45) is 0. The second-order valence-electron chi connectivity index (χ2n) is 8.05. The normalized spacial score (nSPS) is 12.1. The zero-order valence-corrected chi connectivity index (χ0v) is 16.5. The fraction of sp³-hybridized carbons (Fsp3) is 0.579. The highest BCUT2D eigenvalue weighted by Crippen LogP contribution is 2.24. The second-order valence-corrected chi connectivity index (χ2v) is 8.05. The number of nitrogens with one attached hydrogen (secondary N) is 1. The number of rotatable bonds is 4. The molecule has 0 saturated heterocycles. The molecule has 0 aromatic carbocycles. The molecule has 2 rings (SSSR count). The number of carbonyl (C=O) groups is 1. The molecule has 0 aliphatic heterocycles. The fourth-order valence-electron chi connectivity index (χ4n) is 2.55. The van der Waals surface area contributed by atoms with Crippen LogP contribution in [-0.2, 0) is 5.54 Å². The highest BCUT2D eigenvalue weighted by molar-refractivity contribution is 6.02. The molecule has 1 N–H and O–H groups in total. The highest BCUT2D eigenvalue weighted by Gasteiger charge is 2.24. The van der Waals surface area contributed by atoms with E-state index in [1.165, 1.54) is 0 Å². The van der Waals surface area contributed by atoms with Crippen LogP contribution in [0.25, 0.3) is 0 Å². The van der Waals surface area contributed by atoms with Gasteiger partial charge in [0.05, 0.1) is 5.54 Å². The topological polar surface area (TPSA) is 72.7 Å². The zero-order valence-electron chi connectivity index (χ0n) is 16.5. The summed E-state index contributed by atoms with van der Waals surface area (Å²) in [6.45, 7) is 16.4. The van der Waals surface area contributed by atoms with E-state index in [0.29, 0.717) is 11.5 Å². The Labute approximate surface area is 150 Å². The number of anilines is 1. The quantitative estimate of drug-likeness (QED) is 0.901. The lowest BCUT2D eigenvalue weighted by molar-refractivity contribution is 0.102. The van der Waals surface area contributed by atoms with Gasteiger partial charge in [-0.15, -0.1) is 0 Å². The molecule has 6 heteroatoms. The molecule has 2 heterocycles. The van der Waals surface area contributed by atoms with Crippen LogP contribution in [-0.4, -0.2) is 25.7 Å². The first-order chi connectivity index (χ1) is 11.5. The van der Waals surface area contributed by atoms with Gasteiger partial charge in [0.2, 0.25) is 0 Å². The van der Waals surface area contributed by atoms with Crippen molar-refractivity contribution in [2.45, 2.75) is 72.8 Å². The first-order valence-electron chi connectivity index (χ1n) is 8.76. The van der Waals surface area contributed by atoms with Gasteiger partial charge in [0, 0.05) is 23.4 Å². The number of carbonyl (C=O) groups excluding carboxylic acids is 1. The van der Waals surface area contributed by atoms with Crippen molar-refractivity contribution in [2.75, 3.05) is 5.32 Å². The number of aromatic nitrogens is 4. The van der Waals surface area contributed by atoms with Crippen LogP contribution in [0.5, 0.6) is 0 Å². The van der Waals surface area contributed by atoms with E-state index in [1.54, 1.807) is 6.07 Å². The first-order valence-corrected chi connectivity index (χ1v) is 8.76. The Morgan fingerprint density at radius 3 is 2.20 bits per heavy atom. The Morgan fingerprint density at radius 2 is 1.72 bits per heavy atom. The molecule has 0 radical (unpaired) electrons. The molecule has 2 aromatic rings. The van der Waals surface area contributed by atoms with Crippen LogP contribution in [0, 0.1) is 6.92 Å². The maximum Gasteiger partial charge on any atom is 0.277 e. The van der Waals surface area contributed by atoms with E-state index in [9.17, 15) is 4.79 Å². The molecular formula is C19H29N5O. The summed E-state index contributed by atoms with van der Waals surface area (Å²) in [5, 5.41) is 7.40. The number of nitrogens with zero attached hydrogens (tertiary/aromatic N) is 4. The molecule has 0 saturated carbocycles. The van der Waals surface area contributed by atoms with Crippen molar-refractivity contribution < 1.29 is 4.79 Å². The molecule has 0 bridgehead atoms. The van der Waals surface area contributed by atoms with E-state index in [2.05, 4.69) is 55.0 Å². The van der Waals surface area contributed by atoms with Gasteiger partial charge in [-0.2, -0.15) is 5.10 Å². The molecule has 6 nitrogen and oxygen atoms in total. The first kappa shape index (κ1) is 19.1. The van der Waals surface area contributed by atoms with Gasteiger partial charge in [0.1, 0.15) is 11.6 Å². The van der Waals surface area contributed by atoms with Gasteiger partial charge in [-0.05, 0) is 39.7 Å². The number of hydrogen-bond donors (Lipinski definition) is 1. The summed E-state index contributed by atoms with van der Waals surface area (Å²) in [5.74, 6) is 1.46. The van der Waals surface area contributed by atoms with Gasteiger partial charge < -0.3 is 5.32 Å². The monoisotopic (exact) mass is 343 g/mol. The minimum absolute atomic E-state index is 0.186. The summed E-state index contributed by atoms with van der Waals surface area (Å²) in [5.41, 5.74) is 2.09. The van der Waals surface area contributed by atoms with Gasteiger partial charge >= 0.3 is 0 Å². The molecule has 25 heavy (non-hydrogen) atoms. The Bertz CT molecular complexity index is 769. The Kier molecular flexibility index (Phi) is 5.30. The molecule has 136 valence electrons. The van der Waals surface area contributed by atoms with Gasteiger partial charge in [-0.1, -0.05) is 27.7 Å². The van der Waals surface area contributed by atoms with E-state index >= 15 is 0 Å². The standard InChI is InChI=1S/C19H29N5O/c1-11(2)15-10-14(23-24(15)19(6,7)8)18(25)22-16-9-13(5)20-17(21-16)12(3)4/h9-12H,1-8H3,(H,20,21,22,25). The summed E-state index contributed by atoms with van der Waals surface area (Å²) in [7, 11) is 0. The van der Waals surface area contributed by atoms with Crippen LogP contribution in [0.1, 0.15) is 88.0 Å². The number of hydrogen-bond acceptors (Lipinski definition) is 4. The highest BCUT2D eigenvalue weighted by atomic mass is 16.2. The Morgan fingerprint density at radius 1 is 1.08 bits per heavy atom. The second kappa shape index (κ2) is 6.94. The Hall–Kier alpha value is -2.24. The largest absolute Gasteiger partial charge is 0.305 e. The third-order valence-corrected chi connectivity index (χ3v) is 3.83. The molecule has 2 aromatic heterocycles. The van der Waals surface area contributed by atoms with E-state index in [4.69, 9.17) is 0 Å². The molecule has 0 atom stereocenters.